The molecule has 6 nitrogen and oxygen atoms in total. The van der Waals surface area contributed by atoms with Crippen LogP contribution in [-0.4, -0.2) is 35.0 Å². The fraction of sp³-hybridized carbons (Fsp3) is 0.292. The molecule has 0 N–H and O–H groups in total. The molecule has 2 unspecified atom stereocenters. The Hall–Kier alpha value is -2.72. The summed E-state index contributed by atoms with van der Waals surface area (Å²) in [7, 11) is 0. The van der Waals surface area contributed by atoms with Gasteiger partial charge in [0.1, 0.15) is 11.9 Å². The van der Waals surface area contributed by atoms with E-state index in [4.69, 9.17) is 49.2 Å². The normalized spacial score (nSPS) is 18.7. The van der Waals surface area contributed by atoms with Crippen LogP contribution in [0, 0.1) is 17.2 Å². The van der Waals surface area contributed by atoms with Crippen LogP contribution in [0.3, 0.4) is 0 Å². The fourth-order valence-electron chi connectivity index (χ4n) is 4.19. The Morgan fingerprint density at radius 3 is 2.76 bits per heavy atom. The third-order valence-corrected chi connectivity index (χ3v) is 6.81. The lowest BCUT2D eigenvalue weighted by molar-refractivity contribution is 0.0767. The molecule has 1 saturated heterocycles. The zero-order valence-corrected chi connectivity index (χ0v) is 19.9. The van der Waals surface area contributed by atoms with Crippen LogP contribution in [-0.2, 0) is 6.42 Å². The number of carbonyl (C=O) groups excluding carboxylic acids is 1. The van der Waals surface area contributed by atoms with Crippen molar-refractivity contribution < 1.29 is 13.9 Å². The first-order valence-corrected chi connectivity index (χ1v) is 11.5. The molecule has 1 amide bonds. The highest BCUT2D eigenvalue weighted by atomic mass is 35.5. The Kier molecular flexibility index (Phi) is 7.14. The molecule has 0 spiro atoms. The van der Waals surface area contributed by atoms with Crippen molar-refractivity contribution in [2.24, 2.45) is 5.92 Å². The molecule has 1 aromatic carbocycles. The number of aromatic nitrogens is 1. The lowest BCUT2D eigenvalue weighted by atomic mass is 9.86. The first-order valence-electron chi connectivity index (χ1n) is 10.3. The number of ether oxygens (including phenoxy) is 1. The summed E-state index contributed by atoms with van der Waals surface area (Å²) in [6.07, 6.45) is 2.73. The number of nitrogens with zero attached hydrogens (tertiary/aromatic N) is 3. The van der Waals surface area contributed by atoms with Gasteiger partial charge in [0, 0.05) is 37.2 Å². The molecular weight excluding hydrogens is 485 g/mol. The van der Waals surface area contributed by atoms with Crippen LogP contribution >= 0.6 is 34.8 Å². The zero-order chi connectivity index (χ0) is 23.5. The van der Waals surface area contributed by atoms with Gasteiger partial charge in [-0.2, -0.15) is 5.26 Å². The van der Waals surface area contributed by atoms with Crippen molar-refractivity contribution in [3.05, 3.63) is 80.8 Å². The van der Waals surface area contributed by atoms with Crippen molar-refractivity contribution in [3.8, 4) is 11.9 Å². The van der Waals surface area contributed by atoms with Crippen molar-refractivity contribution >= 4 is 40.7 Å². The van der Waals surface area contributed by atoms with Gasteiger partial charge >= 0.3 is 0 Å². The Bertz CT molecular complexity index is 1190. The van der Waals surface area contributed by atoms with Gasteiger partial charge in [0.2, 0.25) is 5.88 Å². The summed E-state index contributed by atoms with van der Waals surface area (Å²) in [5, 5.41) is 10.5. The zero-order valence-electron chi connectivity index (χ0n) is 17.7. The van der Waals surface area contributed by atoms with E-state index in [1.165, 1.54) is 12.5 Å². The maximum atomic E-state index is 13.3. The summed E-state index contributed by atoms with van der Waals surface area (Å²) < 4.78 is 11.5. The second kappa shape index (κ2) is 10.0. The van der Waals surface area contributed by atoms with Crippen LogP contribution in [0.1, 0.15) is 34.5 Å². The van der Waals surface area contributed by atoms with Gasteiger partial charge in [-0.15, -0.1) is 0 Å². The number of amides is 1. The Morgan fingerprint density at radius 1 is 1.24 bits per heavy atom. The average molecular weight is 505 g/mol. The van der Waals surface area contributed by atoms with Crippen LogP contribution in [0.25, 0.3) is 0 Å². The summed E-state index contributed by atoms with van der Waals surface area (Å²) in [6, 6.07) is 12.6. The summed E-state index contributed by atoms with van der Waals surface area (Å²) in [6.45, 7) is 2.87. The summed E-state index contributed by atoms with van der Waals surface area (Å²) in [5.41, 5.74) is 1.37. The molecule has 0 bridgehead atoms. The van der Waals surface area contributed by atoms with Crippen LogP contribution < -0.4 is 4.74 Å². The third-order valence-electron chi connectivity index (χ3n) is 5.85. The monoisotopic (exact) mass is 503 g/mol. The third kappa shape index (κ3) is 5.11. The van der Waals surface area contributed by atoms with Crippen molar-refractivity contribution in [3.63, 3.8) is 0 Å². The SMILES string of the molecule is C[C@H](Oc1ccc(Cl)cn1)C1CN(C(=O)c2ccoc2CC#N)CC1c1ccc(Cl)c(Cl)c1. The lowest BCUT2D eigenvalue weighted by Gasteiger charge is -2.25. The Morgan fingerprint density at radius 2 is 2.06 bits per heavy atom. The number of carbonyl (C=O) groups is 1. The molecule has 3 atom stereocenters. The first-order chi connectivity index (χ1) is 15.9. The molecule has 4 rings (SSSR count). The van der Waals surface area contributed by atoms with E-state index in [1.807, 2.05) is 25.1 Å². The number of furan rings is 1. The molecule has 9 heteroatoms. The molecule has 170 valence electrons. The van der Waals surface area contributed by atoms with E-state index in [-0.39, 0.29) is 30.3 Å². The number of hydrogen-bond donors (Lipinski definition) is 0. The van der Waals surface area contributed by atoms with Crippen molar-refractivity contribution in [1.82, 2.24) is 9.88 Å². The van der Waals surface area contributed by atoms with Crippen LogP contribution in [0.15, 0.2) is 53.3 Å². The largest absolute Gasteiger partial charge is 0.474 e. The number of pyridine rings is 1. The van der Waals surface area contributed by atoms with E-state index in [1.54, 1.807) is 29.2 Å². The van der Waals surface area contributed by atoms with Gasteiger partial charge in [-0.3, -0.25) is 4.79 Å². The fourth-order valence-corrected chi connectivity index (χ4v) is 4.60. The second-order valence-electron chi connectivity index (χ2n) is 7.88. The lowest BCUT2D eigenvalue weighted by Crippen LogP contribution is -2.32. The number of nitriles is 1. The van der Waals surface area contributed by atoms with Gasteiger partial charge in [-0.05, 0) is 36.8 Å². The molecular formula is C24H20Cl3N3O3. The number of halogens is 3. The topological polar surface area (TPSA) is 79.4 Å². The van der Waals surface area contributed by atoms with E-state index in [0.717, 1.165) is 5.56 Å². The van der Waals surface area contributed by atoms with Crippen molar-refractivity contribution in [1.29, 1.82) is 5.26 Å². The summed E-state index contributed by atoms with van der Waals surface area (Å²) >= 11 is 18.3. The first kappa shape index (κ1) is 23.4. The predicted molar refractivity (Wildman–Crippen MR) is 126 cm³/mol. The molecule has 2 aromatic heterocycles. The number of benzene rings is 1. The molecule has 1 fully saturated rings. The molecule has 1 aliphatic rings. The highest BCUT2D eigenvalue weighted by Crippen LogP contribution is 2.39. The van der Waals surface area contributed by atoms with Crippen molar-refractivity contribution in [2.45, 2.75) is 25.4 Å². The predicted octanol–water partition coefficient (Wildman–Crippen LogP) is 6.02. The maximum absolute atomic E-state index is 13.3. The maximum Gasteiger partial charge on any atom is 0.257 e. The van der Waals surface area contributed by atoms with Crippen LogP contribution in [0.4, 0.5) is 0 Å². The van der Waals surface area contributed by atoms with Crippen LogP contribution in [0.2, 0.25) is 15.1 Å². The van der Waals surface area contributed by atoms with Crippen LogP contribution in [0.5, 0.6) is 5.88 Å². The highest BCUT2D eigenvalue weighted by Gasteiger charge is 2.41. The molecule has 0 radical (unpaired) electrons. The molecule has 0 aliphatic carbocycles. The van der Waals surface area contributed by atoms with E-state index in [0.29, 0.717) is 45.4 Å². The van der Waals surface area contributed by atoms with Gasteiger partial charge in [0.25, 0.3) is 5.91 Å². The molecule has 33 heavy (non-hydrogen) atoms. The minimum absolute atomic E-state index is 0.0311. The Labute approximate surface area is 206 Å². The standard InChI is InChI=1S/C24H20Cl3N3O3/c1-14(33-23-5-3-16(25)11-29-23)18-12-30(24(31)17-7-9-32-22(17)6-8-28)13-19(18)15-2-4-20(26)21(27)10-15/h2-5,7,9-11,14,18-19H,6,12-13H2,1H3/t14-,18?,19?/m0/s1. The Balaban J connectivity index is 1.62. The minimum atomic E-state index is -0.265. The van der Waals surface area contributed by atoms with E-state index < -0.39 is 0 Å². The molecule has 0 saturated carbocycles. The van der Waals surface area contributed by atoms with Crippen molar-refractivity contribution in [2.75, 3.05) is 13.1 Å². The van der Waals surface area contributed by atoms with E-state index in [2.05, 4.69) is 4.98 Å². The van der Waals surface area contributed by atoms with Gasteiger partial charge in [-0.1, -0.05) is 40.9 Å². The highest BCUT2D eigenvalue weighted by molar-refractivity contribution is 6.42. The average Bonchev–Trinajstić information content (AvgIpc) is 3.45. The quantitative estimate of drug-likeness (QED) is 0.410. The molecule has 3 heterocycles. The smallest absolute Gasteiger partial charge is 0.257 e. The van der Waals surface area contributed by atoms with Gasteiger partial charge in [0.15, 0.2) is 0 Å². The summed E-state index contributed by atoms with van der Waals surface area (Å²) in [5.74, 6) is 0.549. The van der Waals surface area contributed by atoms with E-state index >= 15 is 0 Å². The number of likely N-dealkylation sites (tertiary alicyclic amines) is 1. The van der Waals surface area contributed by atoms with Gasteiger partial charge in [0.05, 0.1) is 39.4 Å². The summed E-state index contributed by atoms with van der Waals surface area (Å²) in [4.78, 5) is 19.3. The number of hydrogen-bond acceptors (Lipinski definition) is 5. The van der Waals surface area contributed by atoms with Gasteiger partial charge < -0.3 is 14.1 Å². The number of rotatable bonds is 6. The molecule has 1 aliphatic heterocycles. The van der Waals surface area contributed by atoms with Gasteiger partial charge in [-0.25, -0.2) is 4.98 Å². The minimum Gasteiger partial charge on any atom is -0.474 e. The van der Waals surface area contributed by atoms with E-state index in [9.17, 15) is 4.79 Å². The second-order valence-corrected chi connectivity index (χ2v) is 9.13. The molecule has 3 aromatic rings.